The van der Waals surface area contributed by atoms with Gasteiger partial charge in [-0.05, 0) is 55.2 Å². The van der Waals surface area contributed by atoms with E-state index >= 15 is 0 Å². The first-order chi connectivity index (χ1) is 17.0. The van der Waals surface area contributed by atoms with E-state index in [-0.39, 0.29) is 17.2 Å². The minimum atomic E-state index is -3.50. The van der Waals surface area contributed by atoms with Gasteiger partial charge in [-0.25, -0.2) is 23.2 Å². The van der Waals surface area contributed by atoms with Gasteiger partial charge in [0.25, 0.3) is 0 Å². The number of carbonyl (C=O) groups excluding carboxylic acids is 1. The zero-order chi connectivity index (χ0) is 25.9. The Bertz CT molecular complexity index is 1320. The minimum Gasteiger partial charge on any atom is -0.427 e. The van der Waals surface area contributed by atoms with Crippen molar-refractivity contribution in [1.29, 1.82) is 0 Å². The Labute approximate surface area is 211 Å². The van der Waals surface area contributed by atoms with Crippen molar-refractivity contribution in [3.05, 3.63) is 66.0 Å². The van der Waals surface area contributed by atoms with E-state index in [1.165, 1.54) is 12.4 Å². The third-order valence-corrected chi connectivity index (χ3v) is 6.68. The Kier molecular flexibility index (Phi) is 7.58. The number of rotatable bonds is 6. The third kappa shape index (κ3) is 6.77. The standard InChI is InChI=1S/C26H31N3O6S/c1-26(2,3)34-25(30)35-29-12-11-22(21-14-27-24(28-15-21)36(4,31)32)23(16-29)33-17-18-9-10-19-7-5-6-8-20(19)13-18/h5-10,13-15,22-23H,11-12,16-17H2,1-4H3. The summed E-state index contributed by atoms with van der Waals surface area (Å²) in [5, 5.41) is 3.60. The number of fused-ring (bicyclic) bond motifs is 1. The van der Waals surface area contributed by atoms with Crippen molar-refractivity contribution in [3.63, 3.8) is 0 Å². The summed E-state index contributed by atoms with van der Waals surface area (Å²) in [5.41, 5.74) is 1.12. The lowest BCUT2D eigenvalue weighted by Crippen LogP contribution is -2.45. The van der Waals surface area contributed by atoms with Crippen LogP contribution in [0.25, 0.3) is 10.8 Å². The molecule has 0 aliphatic carbocycles. The SMILES string of the molecule is CC(C)(C)OC(=O)ON1CCC(c2cnc(S(C)(=O)=O)nc2)C(OCc2ccc3ccccc3c2)C1. The quantitative estimate of drug-likeness (QED) is 0.353. The number of benzene rings is 2. The topological polar surface area (TPSA) is 108 Å². The van der Waals surface area contributed by atoms with Gasteiger partial charge in [-0.1, -0.05) is 36.4 Å². The maximum atomic E-state index is 12.2. The molecule has 1 fully saturated rings. The molecule has 0 radical (unpaired) electrons. The van der Waals surface area contributed by atoms with Gasteiger partial charge in [0, 0.05) is 31.1 Å². The first-order valence-electron chi connectivity index (χ1n) is 11.8. The Morgan fingerprint density at radius 2 is 1.78 bits per heavy atom. The van der Waals surface area contributed by atoms with E-state index in [0.29, 0.717) is 26.1 Å². The number of sulfone groups is 1. The molecule has 0 spiro atoms. The molecule has 3 aromatic rings. The van der Waals surface area contributed by atoms with Crippen LogP contribution in [0.5, 0.6) is 0 Å². The van der Waals surface area contributed by atoms with Gasteiger partial charge in [0.1, 0.15) is 5.60 Å². The molecule has 2 atom stereocenters. The lowest BCUT2D eigenvalue weighted by molar-refractivity contribution is -0.179. The van der Waals surface area contributed by atoms with E-state index in [1.54, 1.807) is 25.8 Å². The van der Waals surface area contributed by atoms with E-state index in [0.717, 1.165) is 28.2 Å². The molecular weight excluding hydrogens is 482 g/mol. The normalized spacial score (nSPS) is 19.2. The van der Waals surface area contributed by atoms with Crippen molar-refractivity contribution in [1.82, 2.24) is 15.0 Å². The fourth-order valence-corrected chi connectivity index (χ4v) is 4.62. The van der Waals surface area contributed by atoms with Gasteiger partial charge in [0.2, 0.25) is 15.0 Å². The molecule has 1 aromatic heterocycles. The van der Waals surface area contributed by atoms with Crippen molar-refractivity contribution < 1.29 is 27.5 Å². The van der Waals surface area contributed by atoms with Crippen molar-refractivity contribution in [2.75, 3.05) is 19.3 Å². The highest BCUT2D eigenvalue weighted by molar-refractivity contribution is 7.90. The summed E-state index contributed by atoms with van der Waals surface area (Å²) < 4.78 is 35.2. The van der Waals surface area contributed by atoms with Gasteiger partial charge in [0.05, 0.1) is 19.3 Å². The minimum absolute atomic E-state index is 0.113. The average molecular weight is 514 g/mol. The molecule has 2 unspecified atom stereocenters. The molecule has 1 aliphatic heterocycles. The number of piperidine rings is 1. The molecule has 36 heavy (non-hydrogen) atoms. The summed E-state index contributed by atoms with van der Waals surface area (Å²) in [6.07, 6.45) is 3.60. The van der Waals surface area contributed by atoms with E-state index in [2.05, 4.69) is 34.2 Å². The fraction of sp³-hybridized carbons (Fsp3) is 0.423. The Balaban J connectivity index is 1.51. The molecule has 0 amide bonds. The van der Waals surface area contributed by atoms with Crippen LogP contribution in [0.15, 0.2) is 60.0 Å². The number of ether oxygens (including phenoxy) is 2. The Morgan fingerprint density at radius 1 is 1.08 bits per heavy atom. The molecule has 0 saturated carbocycles. The van der Waals surface area contributed by atoms with Crippen LogP contribution in [0.2, 0.25) is 0 Å². The number of carbonyl (C=O) groups is 1. The second kappa shape index (κ2) is 10.5. The molecule has 1 aliphatic rings. The molecular formula is C26H31N3O6S. The summed E-state index contributed by atoms with van der Waals surface area (Å²) in [6, 6.07) is 14.3. The maximum absolute atomic E-state index is 12.2. The van der Waals surface area contributed by atoms with Crippen molar-refractivity contribution in [2.24, 2.45) is 0 Å². The number of nitrogens with zero attached hydrogens (tertiary/aromatic N) is 3. The third-order valence-electron chi connectivity index (χ3n) is 5.80. The highest BCUT2D eigenvalue weighted by Gasteiger charge is 2.34. The predicted octanol–water partition coefficient (Wildman–Crippen LogP) is 4.27. The number of hydroxylamine groups is 2. The molecule has 0 N–H and O–H groups in total. The van der Waals surface area contributed by atoms with Crippen LogP contribution in [0, 0.1) is 0 Å². The molecule has 0 bridgehead atoms. The summed E-state index contributed by atoms with van der Waals surface area (Å²) in [7, 11) is -3.50. The highest BCUT2D eigenvalue weighted by atomic mass is 32.2. The van der Waals surface area contributed by atoms with Crippen LogP contribution in [0.3, 0.4) is 0 Å². The smallest absolute Gasteiger partial charge is 0.427 e. The zero-order valence-electron chi connectivity index (χ0n) is 20.9. The van der Waals surface area contributed by atoms with Gasteiger partial charge in [-0.15, -0.1) is 5.06 Å². The molecule has 4 rings (SSSR count). The zero-order valence-corrected chi connectivity index (χ0v) is 21.7. The monoisotopic (exact) mass is 513 g/mol. The summed E-state index contributed by atoms with van der Waals surface area (Å²) in [6.45, 7) is 6.44. The van der Waals surface area contributed by atoms with Crippen molar-refractivity contribution >= 4 is 26.8 Å². The molecule has 192 valence electrons. The summed E-state index contributed by atoms with van der Waals surface area (Å²) >= 11 is 0. The average Bonchev–Trinajstić information content (AvgIpc) is 2.81. The summed E-state index contributed by atoms with van der Waals surface area (Å²) in [5.74, 6) is -0.113. The van der Waals surface area contributed by atoms with Gasteiger partial charge in [-0.3, -0.25) is 0 Å². The van der Waals surface area contributed by atoms with Crippen LogP contribution in [-0.4, -0.2) is 60.7 Å². The first kappa shape index (κ1) is 26.0. The maximum Gasteiger partial charge on any atom is 0.528 e. The van der Waals surface area contributed by atoms with Crippen molar-refractivity contribution in [2.45, 2.75) is 56.6 Å². The van der Waals surface area contributed by atoms with E-state index in [4.69, 9.17) is 14.3 Å². The fourth-order valence-electron chi connectivity index (χ4n) is 4.14. The van der Waals surface area contributed by atoms with Crippen molar-refractivity contribution in [3.8, 4) is 0 Å². The predicted molar refractivity (Wildman–Crippen MR) is 134 cm³/mol. The highest BCUT2D eigenvalue weighted by Crippen LogP contribution is 2.31. The van der Waals surface area contributed by atoms with Gasteiger partial charge in [0.15, 0.2) is 0 Å². The van der Waals surface area contributed by atoms with Crippen LogP contribution >= 0.6 is 0 Å². The van der Waals surface area contributed by atoms with Crippen LogP contribution in [0.4, 0.5) is 4.79 Å². The lowest BCUT2D eigenvalue weighted by atomic mass is 9.89. The largest absolute Gasteiger partial charge is 0.528 e. The number of aromatic nitrogens is 2. The lowest BCUT2D eigenvalue weighted by Gasteiger charge is -2.37. The number of hydrogen-bond donors (Lipinski definition) is 0. The molecule has 1 saturated heterocycles. The van der Waals surface area contributed by atoms with Gasteiger partial charge in [-0.2, -0.15) is 0 Å². The van der Waals surface area contributed by atoms with Gasteiger partial charge >= 0.3 is 6.16 Å². The van der Waals surface area contributed by atoms with E-state index in [9.17, 15) is 13.2 Å². The molecule has 10 heteroatoms. The molecule has 9 nitrogen and oxygen atoms in total. The van der Waals surface area contributed by atoms with Gasteiger partial charge < -0.3 is 14.3 Å². The molecule has 2 heterocycles. The second-order valence-corrected chi connectivity index (χ2v) is 11.9. The van der Waals surface area contributed by atoms with E-state index < -0.39 is 21.6 Å². The van der Waals surface area contributed by atoms with Crippen LogP contribution in [0.1, 0.15) is 44.2 Å². The Hall–Kier alpha value is -3.08. The summed E-state index contributed by atoms with van der Waals surface area (Å²) in [4.78, 5) is 25.7. The molecule has 2 aromatic carbocycles. The van der Waals surface area contributed by atoms with Crippen LogP contribution in [-0.2, 0) is 30.8 Å². The van der Waals surface area contributed by atoms with E-state index in [1.807, 2.05) is 18.2 Å². The number of hydrogen-bond acceptors (Lipinski definition) is 9. The van der Waals surface area contributed by atoms with Crippen LogP contribution < -0.4 is 0 Å². The second-order valence-electron chi connectivity index (χ2n) is 9.94. The first-order valence-corrected chi connectivity index (χ1v) is 13.6. The Morgan fingerprint density at radius 3 is 2.44 bits per heavy atom.